The highest BCUT2D eigenvalue weighted by atomic mass is 15.2. The Hall–Kier alpha value is -0.0800. The minimum absolute atomic E-state index is 0.805. The molecule has 3 rings (SSSR count). The Morgan fingerprint density at radius 3 is 2.15 bits per heavy atom. The summed E-state index contributed by atoms with van der Waals surface area (Å²) in [5, 5.41) is 0. The summed E-state index contributed by atoms with van der Waals surface area (Å²) in [6, 6.07) is 0.832. The van der Waals surface area contributed by atoms with Gasteiger partial charge in [-0.3, -0.25) is 0 Å². The van der Waals surface area contributed by atoms with E-state index in [1.807, 2.05) is 0 Å². The maximum absolute atomic E-state index is 2.75. The van der Waals surface area contributed by atoms with Gasteiger partial charge in [-0.05, 0) is 83.0 Å². The van der Waals surface area contributed by atoms with Crippen molar-refractivity contribution in [3.8, 4) is 0 Å². The van der Waals surface area contributed by atoms with E-state index in [4.69, 9.17) is 0 Å². The van der Waals surface area contributed by atoms with Gasteiger partial charge < -0.3 is 9.80 Å². The quantitative estimate of drug-likeness (QED) is 0.778. The van der Waals surface area contributed by atoms with Gasteiger partial charge in [0.25, 0.3) is 0 Å². The lowest BCUT2D eigenvalue weighted by molar-refractivity contribution is -0.0181. The molecule has 1 saturated heterocycles. The van der Waals surface area contributed by atoms with Crippen LogP contribution in [0.15, 0.2) is 0 Å². The highest BCUT2D eigenvalue weighted by Crippen LogP contribution is 2.55. The first-order valence-corrected chi connectivity index (χ1v) is 8.95. The molecular formula is C18H34N2. The molecule has 1 aliphatic heterocycles. The molecule has 0 aromatic heterocycles. The van der Waals surface area contributed by atoms with Crippen LogP contribution in [0.4, 0.5) is 0 Å². The molecule has 2 saturated carbocycles. The van der Waals surface area contributed by atoms with Crippen LogP contribution in [0.5, 0.6) is 0 Å². The second-order valence-corrected chi connectivity index (χ2v) is 8.45. The third-order valence-electron chi connectivity index (χ3n) is 6.58. The summed E-state index contributed by atoms with van der Waals surface area (Å²) in [6.07, 6.45) is 11.9. The van der Waals surface area contributed by atoms with Gasteiger partial charge >= 0.3 is 0 Å². The van der Waals surface area contributed by atoms with Gasteiger partial charge in [0.05, 0.1) is 0 Å². The van der Waals surface area contributed by atoms with Crippen molar-refractivity contribution in [2.45, 2.75) is 64.3 Å². The Bertz CT molecular complexity index is 301. The third kappa shape index (κ3) is 3.22. The van der Waals surface area contributed by atoms with Crippen LogP contribution in [0, 0.1) is 17.3 Å². The summed E-state index contributed by atoms with van der Waals surface area (Å²) in [7, 11) is 4.47. The third-order valence-corrected chi connectivity index (χ3v) is 6.58. The van der Waals surface area contributed by atoms with E-state index in [0.717, 1.165) is 23.3 Å². The highest BCUT2D eigenvalue weighted by molar-refractivity contribution is 4.97. The molecule has 0 aromatic rings. The number of piperidine rings is 1. The standard InChI is InChI=1S/C18H34N2/c1-15-4-8-18(9-5-15)12-16(13-18)14-20-10-6-17(7-11-20)19(2)3/h15-17H,4-14H2,1-3H3. The summed E-state index contributed by atoms with van der Waals surface area (Å²) in [4.78, 5) is 5.17. The molecule has 0 atom stereocenters. The Balaban J connectivity index is 1.37. The lowest BCUT2D eigenvalue weighted by Crippen LogP contribution is -2.48. The van der Waals surface area contributed by atoms with E-state index in [1.54, 1.807) is 12.8 Å². The minimum Gasteiger partial charge on any atom is -0.306 e. The molecule has 0 N–H and O–H groups in total. The van der Waals surface area contributed by atoms with E-state index in [0.29, 0.717) is 0 Å². The van der Waals surface area contributed by atoms with Crippen molar-refractivity contribution in [1.29, 1.82) is 0 Å². The van der Waals surface area contributed by atoms with Crippen LogP contribution in [-0.2, 0) is 0 Å². The van der Waals surface area contributed by atoms with Crippen LogP contribution >= 0.6 is 0 Å². The molecule has 0 aromatic carbocycles. The van der Waals surface area contributed by atoms with Crippen LogP contribution < -0.4 is 0 Å². The fraction of sp³-hybridized carbons (Fsp3) is 1.00. The summed E-state index contributed by atoms with van der Waals surface area (Å²) >= 11 is 0. The molecule has 0 unspecified atom stereocenters. The van der Waals surface area contributed by atoms with Gasteiger partial charge in [0, 0.05) is 12.6 Å². The van der Waals surface area contributed by atoms with Crippen LogP contribution in [0.2, 0.25) is 0 Å². The molecule has 2 heteroatoms. The van der Waals surface area contributed by atoms with E-state index in [-0.39, 0.29) is 0 Å². The monoisotopic (exact) mass is 278 g/mol. The molecule has 2 aliphatic carbocycles. The Kier molecular flexibility index (Phi) is 4.42. The smallest absolute Gasteiger partial charge is 0.0113 e. The zero-order valence-electron chi connectivity index (χ0n) is 13.9. The van der Waals surface area contributed by atoms with E-state index >= 15 is 0 Å². The number of likely N-dealkylation sites (tertiary alicyclic amines) is 1. The first-order chi connectivity index (χ1) is 9.56. The Labute approximate surface area is 125 Å². The normalized spacial score (nSPS) is 40.2. The maximum Gasteiger partial charge on any atom is 0.0113 e. The van der Waals surface area contributed by atoms with Gasteiger partial charge in [-0.25, -0.2) is 0 Å². The highest BCUT2D eigenvalue weighted by Gasteiger charge is 2.45. The second-order valence-electron chi connectivity index (χ2n) is 8.45. The summed E-state index contributed by atoms with van der Waals surface area (Å²) in [5.74, 6) is 2.03. The Morgan fingerprint density at radius 2 is 1.60 bits per heavy atom. The molecule has 1 heterocycles. The van der Waals surface area contributed by atoms with Crippen molar-refractivity contribution in [2.75, 3.05) is 33.7 Å². The van der Waals surface area contributed by atoms with Crippen molar-refractivity contribution in [2.24, 2.45) is 17.3 Å². The number of rotatable bonds is 3. The van der Waals surface area contributed by atoms with Crippen LogP contribution in [0.3, 0.4) is 0 Å². The van der Waals surface area contributed by atoms with Crippen molar-refractivity contribution >= 4 is 0 Å². The molecule has 0 bridgehead atoms. The lowest BCUT2D eigenvalue weighted by atomic mass is 9.54. The molecule has 3 fully saturated rings. The topological polar surface area (TPSA) is 6.48 Å². The van der Waals surface area contributed by atoms with Crippen LogP contribution in [0.1, 0.15) is 58.3 Å². The van der Waals surface area contributed by atoms with Crippen LogP contribution in [-0.4, -0.2) is 49.6 Å². The second kappa shape index (κ2) is 5.96. The number of hydrogen-bond donors (Lipinski definition) is 0. The molecule has 1 spiro atoms. The van der Waals surface area contributed by atoms with Crippen molar-refractivity contribution in [3.05, 3.63) is 0 Å². The van der Waals surface area contributed by atoms with E-state index in [9.17, 15) is 0 Å². The number of nitrogens with zero attached hydrogens (tertiary/aromatic N) is 2. The van der Waals surface area contributed by atoms with Crippen LogP contribution in [0.25, 0.3) is 0 Å². The first-order valence-electron chi connectivity index (χ1n) is 8.95. The fourth-order valence-electron chi connectivity index (χ4n) is 5.06. The van der Waals surface area contributed by atoms with Crippen molar-refractivity contribution in [1.82, 2.24) is 9.80 Å². The zero-order valence-corrected chi connectivity index (χ0v) is 13.9. The molecule has 116 valence electrons. The molecule has 0 radical (unpaired) electrons. The average Bonchev–Trinajstić information content (AvgIpc) is 2.40. The van der Waals surface area contributed by atoms with Crippen molar-refractivity contribution in [3.63, 3.8) is 0 Å². The molecular weight excluding hydrogens is 244 g/mol. The number of hydrogen-bond acceptors (Lipinski definition) is 2. The lowest BCUT2D eigenvalue weighted by Gasteiger charge is -2.53. The van der Waals surface area contributed by atoms with Gasteiger partial charge in [0.2, 0.25) is 0 Å². The zero-order chi connectivity index (χ0) is 14.2. The Morgan fingerprint density at radius 1 is 1.00 bits per heavy atom. The van der Waals surface area contributed by atoms with E-state index < -0.39 is 0 Å². The van der Waals surface area contributed by atoms with E-state index in [1.165, 1.54) is 58.2 Å². The maximum atomic E-state index is 2.75. The van der Waals surface area contributed by atoms with Gasteiger partial charge in [-0.1, -0.05) is 19.8 Å². The average molecular weight is 278 g/mol. The van der Waals surface area contributed by atoms with Gasteiger partial charge in [0.1, 0.15) is 0 Å². The first kappa shape index (κ1) is 14.8. The predicted molar refractivity (Wildman–Crippen MR) is 85.9 cm³/mol. The van der Waals surface area contributed by atoms with Gasteiger partial charge in [0.15, 0.2) is 0 Å². The minimum atomic E-state index is 0.805. The summed E-state index contributed by atoms with van der Waals surface area (Å²) < 4.78 is 0. The van der Waals surface area contributed by atoms with Gasteiger partial charge in [-0.2, -0.15) is 0 Å². The van der Waals surface area contributed by atoms with Crippen molar-refractivity contribution < 1.29 is 0 Å². The largest absolute Gasteiger partial charge is 0.306 e. The summed E-state index contributed by atoms with van der Waals surface area (Å²) in [5.41, 5.74) is 0.805. The predicted octanol–water partition coefficient (Wildman–Crippen LogP) is 3.62. The molecule has 0 amide bonds. The fourth-order valence-corrected chi connectivity index (χ4v) is 5.06. The molecule has 2 nitrogen and oxygen atoms in total. The molecule has 3 aliphatic rings. The van der Waals surface area contributed by atoms with Gasteiger partial charge in [-0.15, -0.1) is 0 Å². The SMILES string of the molecule is CC1CCC2(CC1)CC(CN1CCC(N(C)C)CC1)C2. The molecule has 20 heavy (non-hydrogen) atoms. The van der Waals surface area contributed by atoms with E-state index in [2.05, 4.69) is 30.8 Å². The summed E-state index contributed by atoms with van der Waals surface area (Å²) in [6.45, 7) is 6.52.